The molecule has 0 radical (unpaired) electrons. The summed E-state index contributed by atoms with van der Waals surface area (Å²) < 4.78 is 5.16. The predicted molar refractivity (Wildman–Crippen MR) is 47.7 cm³/mol. The molecule has 3 nitrogen and oxygen atoms in total. The van der Waals surface area contributed by atoms with E-state index in [1.54, 1.807) is 0 Å². The van der Waals surface area contributed by atoms with Gasteiger partial charge in [-0.25, -0.2) is 0 Å². The molecular formula is C8H20N2O. The van der Waals surface area contributed by atoms with Gasteiger partial charge in [-0.3, -0.25) is 4.90 Å². The van der Waals surface area contributed by atoms with Gasteiger partial charge in [0, 0.05) is 26.2 Å². The van der Waals surface area contributed by atoms with Gasteiger partial charge < -0.3 is 10.5 Å². The van der Waals surface area contributed by atoms with Gasteiger partial charge in [-0.15, -0.1) is 0 Å². The van der Waals surface area contributed by atoms with Crippen LogP contribution in [0, 0.1) is 0 Å². The van der Waals surface area contributed by atoms with Crippen molar-refractivity contribution >= 4 is 0 Å². The average molecular weight is 160 g/mol. The molecule has 1 fully saturated rings. The van der Waals surface area contributed by atoms with E-state index in [0.29, 0.717) is 0 Å². The molecule has 0 spiro atoms. The Bertz CT molecular complexity index is 69.7. The van der Waals surface area contributed by atoms with Crippen LogP contribution in [-0.4, -0.2) is 44.3 Å². The summed E-state index contributed by atoms with van der Waals surface area (Å²) in [7, 11) is 0. The quantitative estimate of drug-likeness (QED) is 0.631. The Labute approximate surface area is 69.5 Å². The van der Waals surface area contributed by atoms with E-state index in [4.69, 9.17) is 10.5 Å². The molecule has 1 aliphatic heterocycles. The summed E-state index contributed by atoms with van der Waals surface area (Å²) in [6, 6.07) is 0. The first-order valence-electron chi connectivity index (χ1n) is 4.43. The Morgan fingerprint density at radius 2 is 1.82 bits per heavy atom. The molecule has 0 aromatic heterocycles. The maximum atomic E-state index is 5.38. The Morgan fingerprint density at radius 1 is 1.27 bits per heavy atom. The van der Waals surface area contributed by atoms with Crippen LogP contribution in [0.1, 0.15) is 13.8 Å². The summed E-state index contributed by atoms with van der Waals surface area (Å²) in [6.07, 6.45) is 0. The number of nitrogens with two attached hydrogens (primary N) is 1. The second-order valence-electron chi connectivity index (χ2n) is 2.24. The van der Waals surface area contributed by atoms with Gasteiger partial charge in [0.1, 0.15) is 0 Å². The van der Waals surface area contributed by atoms with Gasteiger partial charge in [-0.1, -0.05) is 13.8 Å². The van der Waals surface area contributed by atoms with E-state index < -0.39 is 0 Å². The predicted octanol–water partition coefficient (Wildman–Crippen LogP) is 0.304. The topological polar surface area (TPSA) is 38.5 Å². The molecule has 1 aliphatic rings. The minimum absolute atomic E-state index is 0.764. The van der Waals surface area contributed by atoms with Crippen LogP contribution in [0.3, 0.4) is 0 Å². The van der Waals surface area contributed by atoms with Gasteiger partial charge in [-0.2, -0.15) is 0 Å². The molecular weight excluding hydrogens is 140 g/mol. The third-order valence-corrected chi connectivity index (χ3v) is 1.55. The van der Waals surface area contributed by atoms with E-state index in [2.05, 4.69) is 4.90 Å². The largest absolute Gasteiger partial charge is 0.379 e. The summed E-state index contributed by atoms with van der Waals surface area (Å²) in [4.78, 5) is 2.32. The number of ether oxygens (including phenoxy) is 1. The fourth-order valence-corrected chi connectivity index (χ4v) is 1.01. The van der Waals surface area contributed by atoms with Gasteiger partial charge in [0.05, 0.1) is 13.2 Å². The first-order valence-corrected chi connectivity index (χ1v) is 4.43. The van der Waals surface area contributed by atoms with Crippen LogP contribution in [0.15, 0.2) is 0 Å². The lowest BCUT2D eigenvalue weighted by Crippen LogP contribution is -2.39. The molecule has 0 bridgehead atoms. The lowest BCUT2D eigenvalue weighted by Gasteiger charge is -2.25. The molecule has 0 unspecified atom stereocenters. The van der Waals surface area contributed by atoms with E-state index in [1.165, 1.54) is 0 Å². The fourth-order valence-electron chi connectivity index (χ4n) is 1.01. The van der Waals surface area contributed by atoms with Crippen molar-refractivity contribution in [2.45, 2.75) is 13.8 Å². The van der Waals surface area contributed by atoms with Crippen LogP contribution in [0.5, 0.6) is 0 Å². The minimum atomic E-state index is 0.764. The number of morpholine rings is 1. The van der Waals surface area contributed by atoms with E-state index in [9.17, 15) is 0 Å². The molecule has 2 N–H and O–H groups in total. The highest BCUT2D eigenvalue weighted by Gasteiger charge is 2.07. The summed E-state index contributed by atoms with van der Waals surface area (Å²) in [6.45, 7) is 9.64. The summed E-state index contributed by atoms with van der Waals surface area (Å²) >= 11 is 0. The van der Waals surface area contributed by atoms with Crippen molar-refractivity contribution < 1.29 is 4.74 Å². The van der Waals surface area contributed by atoms with E-state index in [-0.39, 0.29) is 0 Å². The highest BCUT2D eigenvalue weighted by molar-refractivity contribution is 4.60. The maximum absolute atomic E-state index is 5.38. The van der Waals surface area contributed by atoms with Crippen molar-refractivity contribution in [2.75, 3.05) is 39.4 Å². The smallest absolute Gasteiger partial charge is 0.0594 e. The standard InChI is InChI=1S/C6H14N2O.C2H6/c7-1-2-8-3-5-9-6-4-8;1-2/h1-7H2;1-2H3. The highest BCUT2D eigenvalue weighted by Crippen LogP contribution is 1.93. The summed E-state index contributed by atoms with van der Waals surface area (Å²) in [5.74, 6) is 0. The number of rotatable bonds is 2. The van der Waals surface area contributed by atoms with Gasteiger partial charge in [-0.05, 0) is 0 Å². The molecule has 0 atom stereocenters. The van der Waals surface area contributed by atoms with E-state index in [1.807, 2.05) is 13.8 Å². The lowest BCUT2D eigenvalue weighted by atomic mass is 10.4. The van der Waals surface area contributed by atoms with Crippen molar-refractivity contribution in [1.29, 1.82) is 0 Å². The average Bonchev–Trinajstić information content (AvgIpc) is 2.11. The van der Waals surface area contributed by atoms with Crippen molar-refractivity contribution in [3.05, 3.63) is 0 Å². The van der Waals surface area contributed by atoms with E-state index >= 15 is 0 Å². The SMILES string of the molecule is CC.NCCN1CCOCC1. The van der Waals surface area contributed by atoms with Crippen LogP contribution >= 0.6 is 0 Å². The molecule has 0 amide bonds. The van der Waals surface area contributed by atoms with Crippen LogP contribution < -0.4 is 5.73 Å². The molecule has 0 saturated carbocycles. The zero-order valence-electron chi connectivity index (χ0n) is 7.68. The summed E-state index contributed by atoms with van der Waals surface area (Å²) in [5, 5.41) is 0. The molecule has 11 heavy (non-hydrogen) atoms. The number of hydrogen-bond acceptors (Lipinski definition) is 3. The van der Waals surface area contributed by atoms with Crippen LogP contribution in [0.4, 0.5) is 0 Å². The molecule has 68 valence electrons. The second kappa shape index (κ2) is 7.98. The zero-order chi connectivity index (χ0) is 8.53. The molecule has 0 aromatic rings. The molecule has 0 aliphatic carbocycles. The van der Waals surface area contributed by atoms with Crippen LogP contribution in [-0.2, 0) is 4.74 Å². The molecule has 0 aromatic carbocycles. The highest BCUT2D eigenvalue weighted by atomic mass is 16.5. The van der Waals surface area contributed by atoms with Gasteiger partial charge in [0.2, 0.25) is 0 Å². The summed E-state index contributed by atoms with van der Waals surface area (Å²) in [5.41, 5.74) is 5.38. The first-order chi connectivity index (χ1) is 5.43. The fraction of sp³-hybridized carbons (Fsp3) is 1.00. The van der Waals surface area contributed by atoms with Crippen molar-refractivity contribution in [2.24, 2.45) is 5.73 Å². The van der Waals surface area contributed by atoms with E-state index in [0.717, 1.165) is 39.4 Å². The maximum Gasteiger partial charge on any atom is 0.0594 e. The van der Waals surface area contributed by atoms with Crippen LogP contribution in [0.25, 0.3) is 0 Å². The first kappa shape index (κ1) is 10.9. The van der Waals surface area contributed by atoms with Crippen molar-refractivity contribution in [3.63, 3.8) is 0 Å². The van der Waals surface area contributed by atoms with Crippen molar-refractivity contribution in [3.8, 4) is 0 Å². The number of hydrogen-bond donors (Lipinski definition) is 1. The normalized spacial score (nSPS) is 18.8. The van der Waals surface area contributed by atoms with Gasteiger partial charge in [0.25, 0.3) is 0 Å². The van der Waals surface area contributed by atoms with Gasteiger partial charge in [0.15, 0.2) is 0 Å². The zero-order valence-corrected chi connectivity index (χ0v) is 7.68. The Hall–Kier alpha value is -0.120. The Kier molecular flexibility index (Phi) is 7.89. The Morgan fingerprint density at radius 3 is 2.27 bits per heavy atom. The van der Waals surface area contributed by atoms with Gasteiger partial charge >= 0.3 is 0 Å². The Balaban J connectivity index is 0.000000461. The molecule has 1 saturated heterocycles. The van der Waals surface area contributed by atoms with Crippen LogP contribution in [0.2, 0.25) is 0 Å². The van der Waals surface area contributed by atoms with Crippen molar-refractivity contribution in [1.82, 2.24) is 4.90 Å². The lowest BCUT2D eigenvalue weighted by molar-refractivity contribution is 0.0394. The molecule has 1 heterocycles. The third-order valence-electron chi connectivity index (χ3n) is 1.55. The third kappa shape index (κ3) is 5.18. The monoisotopic (exact) mass is 160 g/mol. The second-order valence-corrected chi connectivity index (χ2v) is 2.24. The molecule has 3 heteroatoms. The molecule has 1 rings (SSSR count). The number of nitrogens with zero attached hydrogens (tertiary/aromatic N) is 1. The minimum Gasteiger partial charge on any atom is -0.379 e.